The van der Waals surface area contributed by atoms with Crippen molar-refractivity contribution >= 4 is 5.97 Å². The lowest BCUT2D eigenvalue weighted by Gasteiger charge is -2.10. The molecule has 90 valence electrons. The number of carbonyl (C=O) groups excluding carboxylic acids is 1. The summed E-state index contributed by atoms with van der Waals surface area (Å²) in [7, 11) is 1.38. The Balaban J connectivity index is 1.78. The molecule has 4 nitrogen and oxygen atoms in total. The van der Waals surface area contributed by atoms with Crippen LogP contribution >= 0.6 is 0 Å². The van der Waals surface area contributed by atoms with Crippen molar-refractivity contribution in [1.29, 1.82) is 0 Å². The summed E-state index contributed by atoms with van der Waals surface area (Å²) < 4.78 is 10.1. The third kappa shape index (κ3) is 2.78. The van der Waals surface area contributed by atoms with Gasteiger partial charge in [-0.2, -0.15) is 0 Å². The summed E-state index contributed by atoms with van der Waals surface area (Å²) in [5, 5.41) is 0. The van der Waals surface area contributed by atoms with E-state index in [2.05, 4.69) is 11.3 Å². The average molecular weight is 233 g/mol. The van der Waals surface area contributed by atoms with E-state index in [-0.39, 0.29) is 12.0 Å². The second-order valence-corrected chi connectivity index (χ2v) is 3.86. The van der Waals surface area contributed by atoms with Crippen LogP contribution in [0, 0.1) is 0 Å². The summed E-state index contributed by atoms with van der Waals surface area (Å²) in [4.78, 5) is 13.0. The Labute approximate surface area is 100 Å². The Morgan fingerprint density at radius 3 is 2.82 bits per heavy atom. The fraction of sp³-hybridized carbons (Fsp3) is 0.308. The number of esters is 1. The zero-order valence-electron chi connectivity index (χ0n) is 9.76. The average Bonchev–Trinajstić information content (AvgIpc) is 3.16. The monoisotopic (exact) mass is 233 g/mol. The van der Waals surface area contributed by atoms with Crippen molar-refractivity contribution in [3.05, 3.63) is 48.4 Å². The first-order valence-electron chi connectivity index (χ1n) is 5.42. The lowest BCUT2D eigenvalue weighted by Crippen LogP contribution is -2.15. The van der Waals surface area contributed by atoms with Gasteiger partial charge in [0.15, 0.2) is 5.88 Å². The second-order valence-electron chi connectivity index (χ2n) is 3.86. The fourth-order valence-corrected chi connectivity index (χ4v) is 1.58. The van der Waals surface area contributed by atoms with Crippen molar-refractivity contribution in [3.8, 4) is 0 Å². The zero-order chi connectivity index (χ0) is 12.3. The van der Waals surface area contributed by atoms with Gasteiger partial charge in [0.25, 0.3) is 0 Å². The van der Waals surface area contributed by atoms with Gasteiger partial charge >= 0.3 is 5.97 Å². The van der Waals surface area contributed by atoms with Gasteiger partial charge in [0.05, 0.1) is 13.7 Å². The molecule has 0 N–H and O–H groups in total. The first-order chi connectivity index (χ1) is 8.22. The van der Waals surface area contributed by atoms with Crippen molar-refractivity contribution in [1.82, 2.24) is 4.90 Å². The second kappa shape index (κ2) is 4.91. The number of rotatable bonds is 5. The van der Waals surface area contributed by atoms with Crippen LogP contribution in [0.25, 0.3) is 0 Å². The van der Waals surface area contributed by atoms with Gasteiger partial charge in [-0.05, 0) is 12.1 Å². The zero-order valence-corrected chi connectivity index (χ0v) is 9.76. The van der Waals surface area contributed by atoms with Gasteiger partial charge < -0.3 is 14.4 Å². The largest absolute Gasteiger partial charge is 0.475 e. The number of benzene rings is 1. The van der Waals surface area contributed by atoms with E-state index in [1.165, 1.54) is 7.11 Å². The summed E-state index contributed by atoms with van der Waals surface area (Å²) in [6, 6.07) is 9.60. The van der Waals surface area contributed by atoms with Gasteiger partial charge in [-0.3, -0.25) is 0 Å². The molecule has 17 heavy (non-hydrogen) atoms. The van der Waals surface area contributed by atoms with Gasteiger partial charge in [0.2, 0.25) is 0 Å². The van der Waals surface area contributed by atoms with Crippen LogP contribution < -0.4 is 0 Å². The van der Waals surface area contributed by atoms with Crippen LogP contribution in [0.15, 0.2) is 42.8 Å². The number of hydrogen-bond donors (Lipinski definition) is 0. The Morgan fingerprint density at radius 2 is 2.18 bits per heavy atom. The maximum absolute atomic E-state index is 11.2. The van der Waals surface area contributed by atoms with Crippen LogP contribution in [0.4, 0.5) is 0 Å². The normalized spacial score (nSPS) is 17.5. The van der Waals surface area contributed by atoms with Gasteiger partial charge in [-0.15, -0.1) is 0 Å². The number of hydrogen-bond acceptors (Lipinski definition) is 4. The summed E-state index contributed by atoms with van der Waals surface area (Å²) in [6.45, 7) is 4.88. The predicted molar refractivity (Wildman–Crippen MR) is 62.9 cm³/mol. The van der Waals surface area contributed by atoms with E-state index in [9.17, 15) is 4.79 Å². The summed E-state index contributed by atoms with van der Waals surface area (Å²) in [5.41, 5.74) is 1.07. The van der Waals surface area contributed by atoms with Crippen molar-refractivity contribution in [2.24, 2.45) is 0 Å². The number of nitrogens with zero attached hydrogens (tertiary/aromatic N) is 1. The van der Waals surface area contributed by atoms with Crippen LogP contribution in [0.5, 0.6) is 0 Å². The van der Waals surface area contributed by atoms with Gasteiger partial charge in [0, 0.05) is 0 Å². The van der Waals surface area contributed by atoms with Crippen molar-refractivity contribution in [3.63, 3.8) is 0 Å². The molecule has 0 unspecified atom stereocenters. The molecule has 0 bridgehead atoms. The van der Waals surface area contributed by atoms with Crippen molar-refractivity contribution < 1.29 is 14.3 Å². The highest BCUT2D eigenvalue weighted by Crippen LogP contribution is 2.25. The highest BCUT2D eigenvalue weighted by atomic mass is 16.5. The third-order valence-corrected chi connectivity index (χ3v) is 2.65. The third-order valence-electron chi connectivity index (χ3n) is 2.65. The van der Waals surface area contributed by atoms with Crippen LogP contribution in [0.3, 0.4) is 0 Å². The van der Waals surface area contributed by atoms with Crippen LogP contribution in [-0.4, -0.2) is 30.6 Å². The standard InChI is InChI=1S/C13H15NO3/c1-10(14-8-12(14)13(15)16-2)17-9-11-6-4-3-5-7-11/h3-7,12H,1,8-9H2,2H3/t12-,14?/m0/s1. The van der Waals surface area contributed by atoms with E-state index in [1.54, 1.807) is 4.90 Å². The molecule has 2 rings (SSSR count). The molecular formula is C13H15NO3. The lowest BCUT2D eigenvalue weighted by molar-refractivity contribution is -0.140. The number of ether oxygens (including phenoxy) is 2. The smallest absolute Gasteiger partial charge is 0.330 e. The molecule has 1 saturated heterocycles. The molecule has 1 aliphatic rings. The lowest BCUT2D eigenvalue weighted by atomic mass is 10.2. The molecule has 1 aliphatic heterocycles. The van der Waals surface area contributed by atoms with Gasteiger partial charge in [-0.25, -0.2) is 4.79 Å². The quantitative estimate of drug-likeness (QED) is 0.439. The van der Waals surface area contributed by atoms with E-state index in [4.69, 9.17) is 4.74 Å². The molecule has 4 heteroatoms. The van der Waals surface area contributed by atoms with Crippen LogP contribution in [0.2, 0.25) is 0 Å². The number of methoxy groups -OCH3 is 1. The molecule has 0 amide bonds. The van der Waals surface area contributed by atoms with Gasteiger partial charge in [0.1, 0.15) is 12.6 Å². The molecule has 1 fully saturated rings. The molecule has 0 spiro atoms. The fourth-order valence-electron chi connectivity index (χ4n) is 1.58. The Bertz CT molecular complexity index is 416. The summed E-state index contributed by atoms with van der Waals surface area (Å²) in [5.74, 6) is 0.277. The Kier molecular flexibility index (Phi) is 3.32. The first kappa shape index (κ1) is 11.5. The van der Waals surface area contributed by atoms with E-state index >= 15 is 0 Å². The molecule has 1 aromatic carbocycles. The van der Waals surface area contributed by atoms with Crippen molar-refractivity contribution in [2.75, 3.05) is 13.7 Å². The van der Waals surface area contributed by atoms with E-state index in [1.807, 2.05) is 30.3 Å². The molecule has 0 radical (unpaired) electrons. The molecule has 1 atom stereocenters. The highest BCUT2D eigenvalue weighted by Gasteiger charge is 2.43. The Morgan fingerprint density at radius 1 is 1.47 bits per heavy atom. The molecule has 1 aromatic rings. The first-order valence-corrected chi connectivity index (χ1v) is 5.42. The minimum absolute atomic E-state index is 0.219. The minimum Gasteiger partial charge on any atom is -0.475 e. The van der Waals surface area contributed by atoms with Crippen molar-refractivity contribution in [2.45, 2.75) is 12.6 Å². The maximum Gasteiger partial charge on any atom is 0.330 e. The molecule has 0 aliphatic carbocycles. The Hall–Kier alpha value is -1.97. The molecular weight excluding hydrogens is 218 g/mol. The summed E-state index contributed by atoms with van der Waals surface area (Å²) in [6.07, 6.45) is 0. The summed E-state index contributed by atoms with van der Waals surface area (Å²) >= 11 is 0. The topological polar surface area (TPSA) is 38.5 Å². The molecule has 0 aromatic heterocycles. The highest BCUT2D eigenvalue weighted by molar-refractivity contribution is 5.79. The van der Waals surface area contributed by atoms with Crippen LogP contribution in [0.1, 0.15) is 5.56 Å². The van der Waals surface area contributed by atoms with Crippen LogP contribution in [-0.2, 0) is 20.9 Å². The maximum atomic E-state index is 11.2. The molecule has 0 saturated carbocycles. The molecule has 1 heterocycles. The van der Waals surface area contributed by atoms with E-state index < -0.39 is 0 Å². The minimum atomic E-state index is -0.241. The van der Waals surface area contributed by atoms with E-state index in [0.29, 0.717) is 19.0 Å². The van der Waals surface area contributed by atoms with E-state index in [0.717, 1.165) is 5.56 Å². The number of carbonyl (C=O) groups is 1. The van der Waals surface area contributed by atoms with Gasteiger partial charge in [-0.1, -0.05) is 30.3 Å². The predicted octanol–water partition coefficient (Wildman–Crippen LogP) is 1.53. The SMILES string of the molecule is C=C(OCc1ccccc1)N1C[C@H]1C(=O)OC.